The van der Waals surface area contributed by atoms with Gasteiger partial charge in [0.15, 0.2) is 0 Å². The number of aromatic nitrogens is 1. The minimum atomic E-state index is -1.08. The molecule has 8 heteroatoms. The Kier molecular flexibility index (Phi) is 4.64. The Morgan fingerprint density at radius 2 is 1.81 bits per heavy atom. The van der Waals surface area contributed by atoms with E-state index in [9.17, 15) is 18.8 Å². The molecular formula is C19H16FN3O4. The maximum Gasteiger partial charge on any atom is 0.335 e. The first kappa shape index (κ1) is 18.1. The largest absolute Gasteiger partial charge is 0.478 e. The Labute approximate surface area is 153 Å². The number of hydrogen-bond donors (Lipinski definition) is 3. The van der Waals surface area contributed by atoms with Crippen molar-refractivity contribution in [3.8, 4) is 0 Å². The summed E-state index contributed by atoms with van der Waals surface area (Å²) in [6, 6.07) is 9.47. The van der Waals surface area contributed by atoms with Crippen molar-refractivity contribution in [2.45, 2.75) is 0 Å². The smallest absolute Gasteiger partial charge is 0.335 e. The molecule has 7 nitrogen and oxygen atoms in total. The van der Waals surface area contributed by atoms with Gasteiger partial charge in [0.1, 0.15) is 11.4 Å². The lowest BCUT2D eigenvalue weighted by atomic mass is 10.1. The summed E-state index contributed by atoms with van der Waals surface area (Å²) in [6.45, 7) is 0. The zero-order chi connectivity index (χ0) is 19.7. The lowest BCUT2D eigenvalue weighted by Crippen LogP contribution is -2.31. The van der Waals surface area contributed by atoms with Crippen LogP contribution in [0.15, 0.2) is 47.3 Å². The normalized spacial score (nSPS) is 10.6. The highest BCUT2D eigenvalue weighted by Crippen LogP contribution is 2.23. The molecule has 138 valence electrons. The quantitative estimate of drug-likeness (QED) is 0.656. The van der Waals surface area contributed by atoms with Crippen LogP contribution in [0.4, 0.5) is 15.8 Å². The molecule has 1 heterocycles. The number of nitrogens with zero attached hydrogens (tertiary/aromatic N) is 1. The SMILES string of the molecule is CNc1cc(F)cc2cc(C(=O)N(C)c3ccc(C(=O)O)cc3)c(=O)[nH]c12. The molecule has 0 saturated heterocycles. The van der Waals surface area contributed by atoms with E-state index in [0.717, 1.165) is 0 Å². The van der Waals surface area contributed by atoms with Crippen molar-refractivity contribution in [1.82, 2.24) is 4.98 Å². The molecule has 3 aromatic rings. The van der Waals surface area contributed by atoms with E-state index in [4.69, 9.17) is 5.11 Å². The predicted octanol–water partition coefficient (Wildman–Crippen LogP) is 2.68. The Bertz CT molecular complexity index is 1110. The molecule has 1 amide bonds. The number of anilines is 2. The number of pyridine rings is 1. The molecule has 2 aromatic carbocycles. The van der Waals surface area contributed by atoms with Gasteiger partial charge in [0.25, 0.3) is 11.5 Å². The molecule has 0 aliphatic carbocycles. The van der Waals surface area contributed by atoms with Crippen molar-refractivity contribution in [2.24, 2.45) is 0 Å². The van der Waals surface area contributed by atoms with Gasteiger partial charge in [-0.2, -0.15) is 0 Å². The third-order valence-corrected chi connectivity index (χ3v) is 4.22. The van der Waals surface area contributed by atoms with E-state index in [-0.39, 0.29) is 11.1 Å². The van der Waals surface area contributed by atoms with Crippen molar-refractivity contribution >= 4 is 34.2 Å². The summed E-state index contributed by atoms with van der Waals surface area (Å²) in [5.74, 6) is -2.18. The molecule has 0 aliphatic rings. The number of H-pyrrole nitrogens is 1. The van der Waals surface area contributed by atoms with Gasteiger partial charge in [-0.25, -0.2) is 9.18 Å². The maximum atomic E-state index is 13.8. The van der Waals surface area contributed by atoms with Gasteiger partial charge in [-0.1, -0.05) is 0 Å². The van der Waals surface area contributed by atoms with Gasteiger partial charge in [-0.3, -0.25) is 9.59 Å². The Balaban J connectivity index is 2.03. The molecule has 3 rings (SSSR count). The molecule has 0 aliphatic heterocycles. The van der Waals surface area contributed by atoms with E-state index in [1.807, 2.05) is 0 Å². The number of amides is 1. The molecule has 0 fully saturated rings. The highest BCUT2D eigenvalue weighted by molar-refractivity contribution is 6.07. The predicted molar refractivity (Wildman–Crippen MR) is 100 cm³/mol. The van der Waals surface area contributed by atoms with Gasteiger partial charge in [0, 0.05) is 25.2 Å². The summed E-state index contributed by atoms with van der Waals surface area (Å²) in [5.41, 5.74) is 0.537. The van der Waals surface area contributed by atoms with Crippen LogP contribution in [0.2, 0.25) is 0 Å². The average Bonchev–Trinajstić information content (AvgIpc) is 2.66. The second-order valence-electron chi connectivity index (χ2n) is 5.90. The lowest BCUT2D eigenvalue weighted by Gasteiger charge is -2.17. The molecule has 0 spiro atoms. The Hall–Kier alpha value is -3.68. The van der Waals surface area contributed by atoms with E-state index in [2.05, 4.69) is 10.3 Å². The van der Waals surface area contributed by atoms with Gasteiger partial charge in [-0.05, 0) is 42.5 Å². The van der Waals surface area contributed by atoms with Crippen LogP contribution in [-0.2, 0) is 0 Å². The third kappa shape index (κ3) is 3.37. The highest BCUT2D eigenvalue weighted by Gasteiger charge is 2.19. The summed E-state index contributed by atoms with van der Waals surface area (Å²) >= 11 is 0. The Morgan fingerprint density at radius 3 is 2.41 bits per heavy atom. The lowest BCUT2D eigenvalue weighted by molar-refractivity contribution is 0.0696. The van der Waals surface area contributed by atoms with Crippen LogP contribution in [0, 0.1) is 5.82 Å². The van der Waals surface area contributed by atoms with Crippen LogP contribution < -0.4 is 15.8 Å². The van der Waals surface area contributed by atoms with Crippen LogP contribution in [0.1, 0.15) is 20.7 Å². The monoisotopic (exact) mass is 369 g/mol. The summed E-state index contributed by atoms with van der Waals surface area (Å²) in [7, 11) is 3.06. The molecule has 0 bridgehead atoms. The summed E-state index contributed by atoms with van der Waals surface area (Å²) in [6.07, 6.45) is 0. The number of fused-ring (bicyclic) bond motifs is 1. The van der Waals surface area contributed by atoms with Gasteiger partial charge >= 0.3 is 5.97 Å². The van der Waals surface area contributed by atoms with Gasteiger partial charge in [-0.15, -0.1) is 0 Å². The van der Waals surface area contributed by atoms with Crippen molar-refractivity contribution in [2.75, 3.05) is 24.3 Å². The number of carboxylic acids is 1. The van der Waals surface area contributed by atoms with Crippen molar-refractivity contribution in [1.29, 1.82) is 0 Å². The summed E-state index contributed by atoms with van der Waals surface area (Å²) < 4.78 is 13.8. The molecule has 0 unspecified atom stereocenters. The fraction of sp³-hybridized carbons (Fsp3) is 0.105. The minimum absolute atomic E-state index is 0.0817. The van der Waals surface area contributed by atoms with Crippen molar-refractivity contribution in [3.63, 3.8) is 0 Å². The van der Waals surface area contributed by atoms with Crippen LogP contribution >= 0.6 is 0 Å². The first-order chi connectivity index (χ1) is 12.8. The van der Waals surface area contributed by atoms with Crippen LogP contribution in [0.5, 0.6) is 0 Å². The molecular weight excluding hydrogens is 353 g/mol. The molecule has 1 aromatic heterocycles. The van der Waals surface area contributed by atoms with E-state index in [0.29, 0.717) is 22.3 Å². The number of benzene rings is 2. The zero-order valence-corrected chi connectivity index (χ0v) is 14.5. The summed E-state index contributed by atoms with van der Waals surface area (Å²) in [5, 5.41) is 12.1. The second-order valence-corrected chi connectivity index (χ2v) is 5.90. The second kappa shape index (κ2) is 6.91. The number of carbonyl (C=O) groups excluding carboxylic acids is 1. The molecule has 0 saturated carbocycles. The first-order valence-electron chi connectivity index (χ1n) is 7.97. The molecule has 3 N–H and O–H groups in total. The average molecular weight is 369 g/mol. The molecule has 0 atom stereocenters. The fourth-order valence-electron chi connectivity index (χ4n) is 2.76. The first-order valence-corrected chi connectivity index (χ1v) is 7.97. The number of halogens is 1. The van der Waals surface area contributed by atoms with Crippen molar-refractivity contribution < 1.29 is 19.1 Å². The van der Waals surface area contributed by atoms with E-state index in [1.54, 1.807) is 7.05 Å². The number of hydrogen-bond acceptors (Lipinski definition) is 4. The Morgan fingerprint density at radius 1 is 1.15 bits per heavy atom. The van der Waals surface area contributed by atoms with Gasteiger partial charge < -0.3 is 20.3 Å². The van der Waals surface area contributed by atoms with Gasteiger partial charge in [0.2, 0.25) is 0 Å². The fourth-order valence-corrected chi connectivity index (χ4v) is 2.76. The topological polar surface area (TPSA) is 102 Å². The number of aromatic carboxylic acids is 1. The van der Waals surface area contributed by atoms with E-state index >= 15 is 0 Å². The van der Waals surface area contributed by atoms with Gasteiger partial charge in [0.05, 0.1) is 16.8 Å². The molecule has 27 heavy (non-hydrogen) atoms. The zero-order valence-electron chi connectivity index (χ0n) is 14.5. The number of nitrogens with one attached hydrogen (secondary N) is 2. The van der Waals surface area contributed by atoms with Crippen LogP contribution in [0.25, 0.3) is 10.9 Å². The number of carbonyl (C=O) groups is 2. The standard InChI is InChI=1S/C19H16FN3O4/c1-21-15-9-12(20)7-11-8-14(17(24)22-16(11)15)18(25)23(2)13-5-3-10(4-6-13)19(26)27/h3-9,21H,1-2H3,(H,22,24)(H,26,27). The third-order valence-electron chi connectivity index (χ3n) is 4.22. The maximum absolute atomic E-state index is 13.8. The highest BCUT2D eigenvalue weighted by atomic mass is 19.1. The van der Waals surface area contributed by atoms with E-state index in [1.165, 1.54) is 54.4 Å². The van der Waals surface area contributed by atoms with Crippen molar-refractivity contribution in [3.05, 3.63) is 69.8 Å². The van der Waals surface area contributed by atoms with E-state index < -0.39 is 23.3 Å². The van der Waals surface area contributed by atoms with Crippen LogP contribution in [-0.4, -0.2) is 36.1 Å². The van der Waals surface area contributed by atoms with Crippen LogP contribution in [0.3, 0.4) is 0 Å². The molecule has 0 radical (unpaired) electrons. The number of rotatable bonds is 4. The number of carboxylic acid groups (broad SMARTS) is 1. The minimum Gasteiger partial charge on any atom is -0.478 e. The summed E-state index contributed by atoms with van der Waals surface area (Å²) in [4.78, 5) is 39.9. The number of aromatic amines is 1.